The minimum Gasteiger partial charge on any atom is -0.481 e. The number of carboxylic acid groups (broad SMARTS) is 1. The average molecular weight is 338 g/mol. The van der Waals surface area contributed by atoms with Gasteiger partial charge < -0.3 is 15.2 Å². The summed E-state index contributed by atoms with van der Waals surface area (Å²) in [6, 6.07) is 7.55. The van der Waals surface area contributed by atoms with Gasteiger partial charge in [0.15, 0.2) is 0 Å². The number of carboxylic acids is 1. The average Bonchev–Trinajstić information content (AvgIpc) is 3.34. The molecule has 1 saturated carbocycles. The van der Waals surface area contributed by atoms with Crippen molar-refractivity contribution in [2.75, 3.05) is 19.8 Å². The molecule has 23 heavy (non-hydrogen) atoms. The fourth-order valence-corrected chi connectivity index (χ4v) is 3.50. The van der Waals surface area contributed by atoms with Gasteiger partial charge in [-0.1, -0.05) is 29.8 Å². The molecular formula is C17H20ClNO4. The number of ether oxygens (including phenoxy) is 1. The first-order valence-electron chi connectivity index (χ1n) is 7.87. The van der Waals surface area contributed by atoms with E-state index in [-0.39, 0.29) is 24.3 Å². The van der Waals surface area contributed by atoms with Crippen molar-refractivity contribution in [1.29, 1.82) is 0 Å². The van der Waals surface area contributed by atoms with Gasteiger partial charge >= 0.3 is 5.97 Å². The van der Waals surface area contributed by atoms with E-state index in [1.165, 1.54) is 0 Å². The smallest absolute Gasteiger partial charge is 0.311 e. The summed E-state index contributed by atoms with van der Waals surface area (Å²) in [5, 5.41) is 13.0. The van der Waals surface area contributed by atoms with Crippen LogP contribution in [0.1, 0.15) is 30.7 Å². The molecule has 124 valence electrons. The number of hydrogen-bond acceptors (Lipinski definition) is 3. The number of benzene rings is 1. The van der Waals surface area contributed by atoms with Crippen molar-refractivity contribution in [2.24, 2.45) is 11.3 Å². The Labute approximate surface area is 140 Å². The summed E-state index contributed by atoms with van der Waals surface area (Å²) in [6.45, 7) is 1.01. The molecule has 2 unspecified atom stereocenters. The first-order valence-corrected chi connectivity index (χ1v) is 8.24. The summed E-state index contributed by atoms with van der Waals surface area (Å²) in [5.74, 6) is -0.915. The lowest BCUT2D eigenvalue weighted by atomic mass is 9.80. The minimum absolute atomic E-state index is 0.0814. The number of hydrogen-bond donors (Lipinski definition) is 2. The van der Waals surface area contributed by atoms with Crippen molar-refractivity contribution < 1.29 is 19.4 Å². The number of carbonyl (C=O) groups is 2. The molecule has 0 spiro atoms. The van der Waals surface area contributed by atoms with E-state index < -0.39 is 11.4 Å². The van der Waals surface area contributed by atoms with E-state index in [2.05, 4.69) is 5.32 Å². The molecule has 6 heteroatoms. The third kappa shape index (κ3) is 3.35. The van der Waals surface area contributed by atoms with Crippen molar-refractivity contribution in [1.82, 2.24) is 5.32 Å². The second kappa shape index (κ2) is 6.49. The first kappa shape index (κ1) is 16.3. The molecule has 3 rings (SSSR count). The maximum atomic E-state index is 12.3. The van der Waals surface area contributed by atoms with Crippen LogP contribution in [-0.2, 0) is 14.3 Å². The Balaban J connectivity index is 1.58. The fourth-order valence-electron chi connectivity index (χ4n) is 3.22. The number of amides is 1. The van der Waals surface area contributed by atoms with Crippen molar-refractivity contribution in [3.8, 4) is 0 Å². The molecule has 1 amide bonds. The minimum atomic E-state index is -0.900. The van der Waals surface area contributed by atoms with Crippen LogP contribution in [0.15, 0.2) is 24.3 Å². The third-order valence-electron chi connectivity index (χ3n) is 4.94. The molecule has 2 fully saturated rings. The summed E-state index contributed by atoms with van der Waals surface area (Å²) < 4.78 is 5.24. The summed E-state index contributed by atoms with van der Waals surface area (Å²) in [6.07, 6.45) is 1.63. The van der Waals surface area contributed by atoms with Gasteiger partial charge in [-0.2, -0.15) is 0 Å². The van der Waals surface area contributed by atoms with E-state index in [0.717, 1.165) is 12.0 Å². The largest absolute Gasteiger partial charge is 0.481 e. The molecule has 2 atom stereocenters. The summed E-state index contributed by atoms with van der Waals surface area (Å²) >= 11 is 6.17. The molecule has 1 saturated heterocycles. The number of nitrogens with one attached hydrogen (secondary N) is 1. The van der Waals surface area contributed by atoms with Gasteiger partial charge in [-0.25, -0.2) is 0 Å². The second-order valence-electron chi connectivity index (χ2n) is 6.39. The number of rotatable bonds is 5. The van der Waals surface area contributed by atoms with Gasteiger partial charge in [-0.3, -0.25) is 9.59 Å². The van der Waals surface area contributed by atoms with Crippen molar-refractivity contribution in [3.63, 3.8) is 0 Å². The van der Waals surface area contributed by atoms with Gasteiger partial charge in [-0.05, 0) is 36.8 Å². The van der Waals surface area contributed by atoms with Crippen LogP contribution in [0.3, 0.4) is 0 Å². The molecule has 0 aromatic heterocycles. The van der Waals surface area contributed by atoms with Gasteiger partial charge in [0.25, 0.3) is 0 Å². The van der Waals surface area contributed by atoms with Crippen LogP contribution in [0.2, 0.25) is 5.02 Å². The Morgan fingerprint density at radius 2 is 2.00 bits per heavy atom. The summed E-state index contributed by atoms with van der Waals surface area (Å²) in [7, 11) is 0. The molecule has 0 bridgehead atoms. The first-order chi connectivity index (χ1) is 11.0. The Kier molecular flexibility index (Phi) is 4.60. The molecule has 1 aliphatic heterocycles. The van der Waals surface area contributed by atoms with E-state index in [1.807, 2.05) is 24.3 Å². The molecule has 1 aromatic carbocycles. The number of carbonyl (C=O) groups excluding carboxylic acids is 1. The highest BCUT2D eigenvalue weighted by molar-refractivity contribution is 6.31. The Bertz CT molecular complexity index is 612. The van der Waals surface area contributed by atoms with Gasteiger partial charge in [0.1, 0.15) is 0 Å². The standard InChI is InChI=1S/C17H20ClNO4/c18-14-4-2-1-3-11(14)12-9-13(12)15(20)19-10-17(16(21)22)5-7-23-8-6-17/h1-4,12-13H,5-10H2,(H,19,20)(H,21,22). The topological polar surface area (TPSA) is 75.6 Å². The van der Waals surface area contributed by atoms with Gasteiger partial charge in [0, 0.05) is 30.7 Å². The highest BCUT2D eigenvalue weighted by Gasteiger charge is 2.46. The quantitative estimate of drug-likeness (QED) is 0.865. The number of aliphatic carboxylic acids is 1. The zero-order valence-electron chi connectivity index (χ0n) is 12.8. The van der Waals surface area contributed by atoms with Crippen LogP contribution in [0.5, 0.6) is 0 Å². The lowest BCUT2D eigenvalue weighted by molar-refractivity contribution is -0.154. The van der Waals surface area contributed by atoms with E-state index in [4.69, 9.17) is 16.3 Å². The van der Waals surface area contributed by atoms with Crippen molar-refractivity contribution in [2.45, 2.75) is 25.2 Å². The summed E-state index contributed by atoms with van der Waals surface area (Å²) in [4.78, 5) is 23.9. The van der Waals surface area contributed by atoms with Crippen LogP contribution < -0.4 is 5.32 Å². The van der Waals surface area contributed by atoms with Crippen LogP contribution in [0.25, 0.3) is 0 Å². The molecule has 1 aromatic rings. The van der Waals surface area contributed by atoms with E-state index >= 15 is 0 Å². The lowest BCUT2D eigenvalue weighted by Crippen LogP contribution is -2.46. The van der Waals surface area contributed by atoms with Crippen LogP contribution >= 0.6 is 11.6 Å². The van der Waals surface area contributed by atoms with Crippen molar-refractivity contribution >= 4 is 23.5 Å². The molecule has 0 radical (unpaired) electrons. The van der Waals surface area contributed by atoms with Crippen LogP contribution in [0, 0.1) is 11.3 Å². The fraction of sp³-hybridized carbons (Fsp3) is 0.529. The molecular weight excluding hydrogens is 318 g/mol. The SMILES string of the molecule is O=C(NCC1(C(=O)O)CCOCC1)C1CC1c1ccccc1Cl. The van der Waals surface area contributed by atoms with E-state index in [0.29, 0.717) is 31.1 Å². The Hall–Kier alpha value is -1.59. The maximum Gasteiger partial charge on any atom is 0.311 e. The van der Waals surface area contributed by atoms with E-state index in [1.54, 1.807) is 0 Å². The molecule has 2 N–H and O–H groups in total. The third-order valence-corrected chi connectivity index (χ3v) is 5.28. The molecule has 1 heterocycles. The Morgan fingerprint density at radius 1 is 1.30 bits per heavy atom. The zero-order valence-corrected chi connectivity index (χ0v) is 13.5. The second-order valence-corrected chi connectivity index (χ2v) is 6.79. The van der Waals surface area contributed by atoms with Gasteiger partial charge in [0.2, 0.25) is 5.91 Å². The summed E-state index contributed by atoms with van der Waals surface area (Å²) in [5.41, 5.74) is 0.0937. The highest BCUT2D eigenvalue weighted by Crippen LogP contribution is 2.49. The van der Waals surface area contributed by atoms with Crippen LogP contribution in [0.4, 0.5) is 0 Å². The van der Waals surface area contributed by atoms with E-state index in [9.17, 15) is 14.7 Å². The monoisotopic (exact) mass is 337 g/mol. The Morgan fingerprint density at radius 3 is 2.65 bits per heavy atom. The zero-order chi connectivity index (χ0) is 16.4. The lowest BCUT2D eigenvalue weighted by Gasteiger charge is -2.33. The predicted octanol–water partition coefficient (Wildman–Crippen LogP) is 2.44. The highest BCUT2D eigenvalue weighted by atomic mass is 35.5. The van der Waals surface area contributed by atoms with Gasteiger partial charge in [-0.15, -0.1) is 0 Å². The molecule has 5 nitrogen and oxygen atoms in total. The molecule has 1 aliphatic carbocycles. The predicted molar refractivity (Wildman–Crippen MR) is 85.4 cm³/mol. The van der Waals surface area contributed by atoms with Crippen LogP contribution in [-0.4, -0.2) is 36.7 Å². The van der Waals surface area contributed by atoms with Crippen molar-refractivity contribution in [3.05, 3.63) is 34.9 Å². The van der Waals surface area contributed by atoms with Gasteiger partial charge in [0.05, 0.1) is 5.41 Å². The maximum absolute atomic E-state index is 12.3. The number of halogens is 1. The normalized spacial score (nSPS) is 25.6. The molecule has 2 aliphatic rings.